The van der Waals surface area contributed by atoms with E-state index in [2.05, 4.69) is 37.4 Å². The van der Waals surface area contributed by atoms with Crippen molar-refractivity contribution in [2.24, 2.45) is 4.99 Å². The SMILES string of the molecule is CO[Si](C)(C)CCC=NCCC[Si](C)(C)OC. The molecule has 5 heteroatoms. The van der Waals surface area contributed by atoms with E-state index in [9.17, 15) is 0 Å². The summed E-state index contributed by atoms with van der Waals surface area (Å²) < 4.78 is 11.0. The highest BCUT2D eigenvalue weighted by atomic mass is 28.4. The maximum Gasteiger partial charge on any atom is 0.186 e. The van der Waals surface area contributed by atoms with Gasteiger partial charge in [0.2, 0.25) is 0 Å². The third-order valence-electron chi connectivity index (χ3n) is 3.18. The van der Waals surface area contributed by atoms with Crippen molar-refractivity contribution in [1.29, 1.82) is 0 Å². The predicted octanol–water partition coefficient (Wildman–Crippen LogP) is 3.54. The van der Waals surface area contributed by atoms with Gasteiger partial charge in [-0.25, -0.2) is 0 Å². The van der Waals surface area contributed by atoms with Gasteiger partial charge in [-0.1, -0.05) is 0 Å². The molecule has 0 bridgehead atoms. The van der Waals surface area contributed by atoms with E-state index in [0.717, 1.165) is 25.4 Å². The molecule has 0 radical (unpaired) electrons. The molecule has 3 nitrogen and oxygen atoms in total. The molecular weight excluding hydrogens is 246 g/mol. The molecular formula is C12H29NO2Si2. The van der Waals surface area contributed by atoms with Crippen LogP contribution in [0.15, 0.2) is 4.99 Å². The van der Waals surface area contributed by atoms with Gasteiger partial charge < -0.3 is 8.85 Å². The van der Waals surface area contributed by atoms with Gasteiger partial charge in [0.25, 0.3) is 0 Å². The number of hydrogen-bond acceptors (Lipinski definition) is 3. The highest BCUT2D eigenvalue weighted by Gasteiger charge is 2.19. The van der Waals surface area contributed by atoms with E-state index >= 15 is 0 Å². The smallest absolute Gasteiger partial charge is 0.186 e. The molecule has 0 aromatic carbocycles. The molecule has 0 aliphatic carbocycles. The van der Waals surface area contributed by atoms with Crippen LogP contribution < -0.4 is 0 Å². The molecule has 0 aliphatic rings. The maximum atomic E-state index is 5.50. The minimum atomic E-state index is -1.39. The van der Waals surface area contributed by atoms with Crippen LogP contribution in [0.4, 0.5) is 0 Å². The Morgan fingerprint density at radius 1 is 0.941 bits per heavy atom. The van der Waals surface area contributed by atoms with Crippen LogP contribution in [0.2, 0.25) is 38.3 Å². The zero-order chi connectivity index (χ0) is 13.4. The Kier molecular flexibility index (Phi) is 8.19. The van der Waals surface area contributed by atoms with E-state index in [4.69, 9.17) is 8.85 Å². The van der Waals surface area contributed by atoms with Crippen LogP contribution in [0, 0.1) is 0 Å². The standard InChI is InChI=1S/C12H29NO2Si2/c1-14-16(3,4)11-7-9-13-10-8-12-17(5,6)15-2/h9H,7-8,10-12H2,1-6H3. The van der Waals surface area contributed by atoms with Crippen LogP contribution in [0.1, 0.15) is 12.8 Å². The number of nitrogens with zero attached hydrogens (tertiary/aromatic N) is 1. The zero-order valence-electron chi connectivity index (χ0n) is 12.4. The minimum absolute atomic E-state index is 0.939. The van der Waals surface area contributed by atoms with Gasteiger partial charge in [0.15, 0.2) is 16.6 Å². The lowest BCUT2D eigenvalue weighted by atomic mass is 10.5. The maximum absolute atomic E-state index is 5.50. The van der Waals surface area contributed by atoms with Crippen molar-refractivity contribution >= 4 is 22.8 Å². The molecule has 0 fully saturated rings. The largest absolute Gasteiger partial charge is 0.420 e. The number of rotatable bonds is 9. The number of aliphatic imine (C=N–C) groups is 1. The number of hydrogen-bond donors (Lipinski definition) is 0. The van der Waals surface area contributed by atoms with Crippen LogP contribution >= 0.6 is 0 Å². The molecule has 0 rings (SSSR count). The summed E-state index contributed by atoms with van der Waals surface area (Å²) in [7, 11) is 0.892. The molecule has 17 heavy (non-hydrogen) atoms. The molecule has 0 amide bonds. The first kappa shape index (κ1) is 17.0. The van der Waals surface area contributed by atoms with E-state index in [-0.39, 0.29) is 0 Å². The predicted molar refractivity (Wildman–Crippen MR) is 81.2 cm³/mol. The molecule has 0 saturated heterocycles. The first-order valence-corrected chi connectivity index (χ1v) is 12.6. The fourth-order valence-electron chi connectivity index (χ4n) is 1.39. The van der Waals surface area contributed by atoms with Crippen molar-refractivity contribution in [1.82, 2.24) is 0 Å². The van der Waals surface area contributed by atoms with Crippen LogP contribution in [-0.2, 0) is 8.85 Å². The molecule has 0 heterocycles. The second kappa shape index (κ2) is 8.18. The fraction of sp³-hybridized carbons (Fsp3) is 0.917. The lowest BCUT2D eigenvalue weighted by molar-refractivity contribution is 0.402. The Balaban J connectivity index is 3.57. The Labute approximate surface area is 109 Å². The van der Waals surface area contributed by atoms with Crippen molar-refractivity contribution in [2.45, 2.75) is 51.1 Å². The highest BCUT2D eigenvalue weighted by molar-refractivity contribution is 6.71. The summed E-state index contributed by atoms with van der Waals surface area (Å²) in [6.45, 7) is 9.93. The highest BCUT2D eigenvalue weighted by Crippen LogP contribution is 2.13. The third-order valence-corrected chi connectivity index (χ3v) is 8.44. The Morgan fingerprint density at radius 3 is 2.00 bits per heavy atom. The molecule has 0 aliphatic heterocycles. The molecule has 0 aromatic rings. The molecule has 0 aromatic heterocycles. The van der Waals surface area contributed by atoms with Gasteiger partial charge in [-0.3, -0.25) is 4.99 Å². The molecule has 0 unspecified atom stereocenters. The lowest BCUT2D eigenvalue weighted by Crippen LogP contribution is -2.28. The van der Waals surface area contributed by atoms with Crippen molar-refractivity contribution in [3.8, 4) is 0 Å². The van der Waals surface area contributed by atoms with Gasteiger partial charge in [-0.05, 0) is 57.3 Å². The summed E-state index contributed by atoms with van der Waals surface area (Å²) in [6, 6.07) is 2.35. The second-order valence-corrected chi connectivity index (χ2v) is 14.5. The molecule has 0 saturated carbocycles. The van der Waals surface area contributed by atoms with Crippen molar-refractivity contribution in [3.63, 3.8) is 0 Å². The Bertz CT molecular complexity index is 231. The second-order valence-electron chi connectivity index (χ2n) is 5.66. The summed E-state index contributed by atoms with van der Waals surface area (Å²) in [4.78, 5) is 4.45. The lowest BCUT2D eigenvalue weighted by Gasteiger charge is -2.19. The summed E-state index contributed by atoms with van der Waals surface area (Å²) in [5, 5.41) is 0. The van der Waals surface area contributed by atoms with Gasteiger partial charge in [-0.15, -0.1) is 0 Å². The molecule has 0 spiro atoms. The Hall–Kier alpha value is 0.0238. The average Bonchev–Trinajstić information content (AvgIpc) is 2.27. The monoisotopic (exact) mass is 275 g/mol. The van der Waals surface area contributed by atoms with E-state index in [1.807, 2.05) is 14.2 Å². The summed E-state index contributed by atoms with van der Waals surface area (Å²) in [5.74, 6) is 0. The van der Waals surface area contributed by atoms with E-state index < -0.39 is 16.6 Å². The molecule has 0 atom stereocenters. The normalized spacial score (nSPS) is 13.5. The van der Waals surface area contributed by atoms with Gasteiger partial charge in [-0.2, -0.15) is 0 Å². The zero-order valence-corrected chi connectivity index (χ0v) is 14.4. The average molecular weight is 276 g/mol. The summed E-state index contributed by atoms with van der Waals surface area (Å²) in [5.41, 5.74) is 0. The fourth-order valence-corrected chi connectivity index (χ4v) is 3.64. The Morgan fingerprint density at radius 2 is 1.47 bits per heavy atom. The van der Waals surface area contributed by atoms with Gasteiger partial charge in [0.05, 0.1) is 0 Å². The summed E-state index contributed by atoms with van der Waals surface area (Å²) in [6.07, 6.45) is 4.27. The molecule has 0 N–H and O–H groups in total. The van der Waals surface area contributed by atoms with Crippen LogP contribution in [-0.4, -0.2) is 43.6 Å². The van der Waals surface area contributed by atoms with E-state index in [1.54, 1.807) is 0 Å². The van der Waals surface area contributed by atoms with Crippen LogP contribution in [0.3, 0.4) is 0 Å². The third kappa shape index (κ3) is 9.70. The van der Waals surface area contributed by atoms with Crippen molar-refractivity contribution in [2.75, 3.05) is 20.8 Å². The van der Waals surface area contributed by atoms with E-state index in [1.165, 1.54) is 6.04 Å². The summed E-state index contributed by atoms with van der Waals surface area (Å²) >= 11 is 0. The minimum Gasteiger partial charge on any atom is -0.420 e. The van der Waals surface area contributed by atoms with Crippen molar-refractivity contribution in [3.05, 3.63) is 0 Å². The van der Waals surface area contributed by atoms with Gasteiger partial charge >= 0.3 is 0 Å². The van der Waals surface area contributed by atoms with Crippen LogP contribution in [0.25, 0.3) is 0 Å². The van der Waals surface area contributed by atoms with Crippen molar-refractivity contribution < 1.29 is 8.85 Å². The topological polar surface area (TPSA) is 30.8 Å². The quantitative estimate of drug-likeness (QED) is 0.366. The molecule has 102 valence electrons. The van der Waals surface area contributed by atoms with Gasteiger partial charge in [0, 0.05) is 20.8 Å². The first-order valence-electron chi connectivity index (χ1n) is 6.41. The van der Waals surface area contributed by atoms with Gasteiger partial charge in [0.1, 0.15) is 0 Å². The first-order chi connectivity index (χ1) is 7.83. The van der Waals surface area contributed by atoms with E-state index in [0.29, 0.717) is 0 Å². The van der Waals surface area contributed by atoms with Crippen LogP contribution in [0.5, 0.6) is 0 Å².